The Balaban J connectivity index is 1.65. The summed E-state index contributed by atoms with van der Waals surface area (Å²) in [5.41, 5.74) is 3.16. The fourth-order valence-electron chi connectivity index (χ4n) is 2.35. The molecular formula is C19H12FNS2. The monoisotopic (exact) mass is 337 g/mol. The van der Waals surface area contributed by atoms with Crippen molar-refractivity contribution in [2.45, 2.75) is 0 Å². The number of rotatable bonds is 3. The third-order valence-electron chi connectivity index (χ3n) is 3.51. The summed E-state index contributed by atoms with van der Waals surface area (Å²) in [6.45, 7) is 0. The molecule has 4 rings (SSSR count). The van der Waals surface area contributed by atoms with Gasteiger partial charge in [-0.1, -0.05) is 42.5 Å². The van der Waals surface area contributed by atoms with Crippen molar-refractivity contribution in [3.8, 4) is 31.6 Å². The molecule has 4 heteroatoms. The van der Waals surface area contributed by atoms with Gasteiger partial charge in [-0.25, -0.2) is 9.37 Å². The van der Waals surface area contributed by atoms with Crippen LogP contribution in [0.2, 0.25) is 0 Å². The van der Waals surface area contributed by atoms with Gasteiger partial charge in [-0.15, -0.1) is 22.7 Å². The highest BCUT2D eigenvalue weighted by Gasteiger charge is 2.10. The zero-order valence-electron chi connectivity index (χ0n) is 12.1. The molecule has 1 nitrogen and oxygen atoms in total. The molecule has 0 amide bonds. The van der Waals surface area contributed by atoms with Gasteiger partial charge in [-0.3, -0.25) is 0 Å². The highest BCUT2D eigenvalue weighted by atomic mass is 32.1. The van der Waals surface area contributed by atoms with E-state index >= 15 is 0 Å². The van der Waals surface area contributed by atoms with Crippen molar-refractivity contribution in [2.75, 3.05) is 0 Å². The normalized spacial score (nSPS) is 10.8. The number of hydrogen-bond acceptors (Lipinski definition) is 3. The number of hydrogen-bond donors (Lipinski definition) is 0. The zero-order chi connectivity index (χ0) is 15.6. The molecule has 0 N–H and O–H groups in total. The molecule has 0 fully saturated rings. The molecule has 0 unspecified atom stereocenters. The summed E-state index contributed by atoms with van der Waals surface area (Å²) in [5, 5.41) is 3.11. The lowest BCUT2D eigenvalue weighted by atomic mass is 10.2. The Labute approximate surface area is 141 Å². The fourth-order valence-corrected chi connectivity index (χ4v) is 4.22. The standard InChI is InChI=1S/C19H12FNS2/c20-15-8-6-13(7-9-15)17-10-11-18(23-17)16-12-22-19(21-16)14-4-2-1-3-5-14/h1-12H. The van der Waals surface area contributed by atoms with Crippen molar-refractivity contribution < 1.29 is 4.39 Å². The predicted octanol–water partition coefficient (Wildman–Crippen LogP) is 6.34. The van der Waals surface area contributed by atoms with E-state index in [0.29, 0.717) is 0 Å². The number of thiophene rings is 1. The summed E-state index contributed by atoms with van der Waals surface area (Å²) in [4.78, 5) is 6.99. The van der Waals surface area contributed by atoms with Crippen LogP contribution in [-0.2, 0) is 0 Å². The zero-order valence-corrected chi connectivity index (χ0v) is 13.7. The van der Waals surface area contributed by atoms with E-state index in [1.807, 2.05) is 18.2 Å². The molecule has 0 bridgehead atoms. The van der Waals surface area contributed by atoms with Crippen molar-refractivity contribution >= 4 is 22.7 Å². The van der Waals surface area contributed by atoms with Gasteiger partial charge in [0, 0.05) is 15.8 Å². The first-order chi connectivity index (χ1) is 11.3. The maximum absolute atomic E-state index is 13.0. The fraction of sp³-hybridized carbons (Fsp3) is 0. The van der Waals surface area contributed by atoms with Gasteiger partial charge in [0.2, 0.25) is 0 Å². The molecule has 0 aliphatic rings. The van der Waals surface area contributed by atoms with Crippen LogP contribution in [0, 0.1) is 5.82 Å². The second-order valence-corrected chi connectivity index (χ2v) is 7.02. The van der Waals surface area contributed by atoms with E-state index in [-0.39, 0.29) is 5.82 Å². The molecule has 0 aliphatic heterocycles. The highest BCUT2D eigenvalue weighted by molar-refractivity contribution is 7.19. The average molecular weight is 337 g/mol. The van der Waals surface area contributed by atoms with Gasteiger partial charge < -0.3 is 0 Å². The Bertz CT molecular complexity index is 923. The van der Waals surface area contributed by atoms with Crippen LogP contribution in [-0.4, -0.2) is 4.98 Å². The second-order valence-electron chi connectivity index (χ2n) is 5.07. The summed E-state index contributed by atoms with van der Waals surface area (Å²) in [5.74, 6) is -0.211. The third kappa shape index (κ3) is 2.96. The molecule has 2 aromatic carbocycles. The Kier molecular flexibility index (Phi) is 3.77. The number of thiazole rings is 1. The summed E-state index contributed by atoms with van der Waals surface area (Å²) in [6, 6.07) is 20.9. The Morgan fingerprint density at radius 3 is 2.26 bits per heavy atom. The minimum Gasteiger partial charge on any atom is -0.235 e. The van der Waals surface area contributed by atoms with Crippen LogP contribution < -0.4 is 0 Å². The quantitative estimate of drug-likeness (QED) is 0.425. The summed E-state index contributed by atoms with van der Waals surface area (Å²) in [6.07, 6.45) is 0. The van der Waals surface area contributed by atoms with E-state index in [2.05, 4.69) is 29.6 Å². The smallest absolute Gasteiger partial charge is 0.124 e. The molecule has 2 heterocycles. The van der Waals surface area contributed by atoms with E-state index in [0.717, 1.165) is 31.6 Å². The Morgan fingerprint density at radius 2 is 1.48 bits per heavy atom. The van der Waals surface area contributed by atoms with Gasteiger partial charge in [0.1, 0.15) is 10.8 Å². The van der Waals surface area contributed by atoms with Crippen molar-refractivity contribution in [1.82, 2.24) is 4.98 Å². The number of aromatic nitrogens is 1. The predicted molar refractivity (Wildman–Crippen MR) is 96.3 cm³/mol. The van der Waals surface area contributed by atoms with Gasteiger partial charge in [0.25, 0.3) is 0 Å². The molecule has 0 atom stereocenters. The first-order valence-corrected chi connectivity index (χ1v) is 8.86. The van der Waals surface area contributed by atoms with Gasteiger partial charge in [0.05, 0.1) is 10.6 Å². The first-order valence-electron chi connectivity index (χ1n) is 7.17. The van der Waals surface area contributed by atoms with Crippen molar-refractivity contribution in [2.24, 2.45) is 0 Å². The molecular weight excluding hydrogens is 325 g/mol. The van der Waals surface area contributed by atoms with Crippen LogP contribution in [0.4, 0.5) is 4.39 Å². The molecule has 0 saturated heterocycles. The maximum atomic E-state index is 13.0. The van der Waals surface area contributed by atoms with E-state index in [4.69, 9.17) is 4.98 Å². The van der Waals surface area contributed by atoms with Gasteiger partial charge >= 0.3 is 0 Å². The van der Waals surface area contributed by atoms with Crippen LogP contribution in [0.3, 0.4) is 0 Å². The van der Waals surface area contributed by atoms with Crippen LogP contribution in [0.1, 0.15) is 0 Å². The summed E-state index contributed by atoms with van der Waals surface area (Å²) in [7, 11) is 0. The van der Waals surface area contributed by atoms with E-state index < -0.39 is 0 Å². The van der Waals surface area contributed by atoms with Gasteiger partial charge in [-0.05, 0) is 29.8 Å². The third-order valence-corrected chi connectivity index (χ3v) is 5.56. The highest BCUT2D eigenvalue weighted by Crippen LogP contribution is 2.36. The maximum Gasteiger partial charge on any atom is 0.124 e. The van der Waals surface area contributed by atoms with Crippen molar-refractivity contribution in [1.29, 1.82) is 0 Å². The summed E-state index contributed by atoms with van der Waals surface area (Å²) >= 11 is 3.33. The number of benzene rings is 2. The second kappa shape index (κ2) is 6.07. The molecule has 2 aromatic heterocycles. The van der Waals surface area contributed by atoms with E-state index in [9.17, 15) is 4.39 Å². The summed E-state index contributed by atoms with van der Waals surface area (Å²) < 4.78 is 13.0. The van der Waals surface area contributed by atoms with Crippen LogP contribution in [0.5, 0.6) is 0 Å². The minimum atomic E-state index is -0.211. The SMILES string of the molecule is Fc1ccc(-c2ccc(-c3csc(-c4ccccc4)n3)s2)cc1. The lowest BCUT2D eigenvalue weighted by Gasteiger charge is -1.96. The Hall–Kier alpha value is -2.30. The molecule has 0 radical (unpaired) electrons. The van der Waals surface area contributed by atoms with E-state index in [1.54, 1.807) is 34.8 Å². The molecule has 4 aromatic rings. The first kappa shape index (κ1) is 14.3. The average Bonchev–Trinajstić information content (AvgIpc) is 3.26. The van der Waals surface area contributed by atoms with Crippen LogP contribution in [0.25, 0.3) is 31.6 Å². The Morgan fingerprint density at radius 1 is 0.739 bits per heavy atom. The minimum absolute atomic E-state index is 0.211. The topological polar surface area (TPSA) is 12.9 Å². The number of halogens is 1. The van der Waals surface area contributed by atoms with Crippen molar-refractivity contribution in [3.63, 3.8) is 0 Å². The molecule has 0 spiro atoms. The van der Waals surface area contributed by atoms with Gasteiger partial charge in [-0.2, -0.15) is 0 Å². The van der Waals surface area contributed by atoms with Crippen molar-refractivity contribution in [3.05, 3.63) is 77.9 Å². The molecule has 23 heavy (non-hydrogen) atoms. The molecule has 0 aliphatic carbocycles. The molecule has 112 valence electrons. The number of nitrogens with zero attached hydrogens (tertiary/aromatic N) is 1. The lowest BCUT2D eigenvalue weighted by Crippen LogP contribution is -1.76. The molecule has 0 saturated carbocycles. The van der Waals surface area contributed by atoms with Crippen LogP contribution >= 0.6 is 22.7 Å². The van der Waals surface area contributed by atoms with Gasteiger partial charge in [0.15, 0.2) is 0 Å². The van der Waals surface area contributed by atoms with Crippen LogP contribution in [0.15, 0.2) is 72.1 Å². The largest absolute Gasteiger partial charge is 0.235 e. The lowest BCUT2D eigenvalue weighted by molar-refractivity contribution is 0.628. The van der Waals surface area contributed by atoms with E-state index in [1.165, 1.54) is 12.1 Å².